The minimum atomic E-state index is -0.486. The molecule has 0 saturated carbocycles. The quantitative estimate of drug-likeness (QED) is 0.926. The molecule has 1 aliphatic heterocycles. The number of benzene rings is 1. The van der Waals surface area contributed by atoms with Gasteiger partial charge in [-0.1, -0.05) is 12.1 Å². The number of morpholine rings is 1. The van der Waals surface area contributed by atoms with E-state index in [9.17, 15) is 4.79 Å². The van der Waals surface area contributed by atoms with Gasteiger partial charge in [0.15, 0.2) is 0 Å². The van der Waals surface area contributed by atoms with Crippen LogP contribution in [0.3, 0.4) is 0 Å². The molecule has 1 aliphatic rings. The van der Waals surface area contributed by atoms with Crippen molar-refractivity contribution in [2.24, 2.45) is 0 Å². The van der Waals surface area contributed by atoms with Crippen LogP contribution in [0, 0.1) is 0 Å². The first kappa shape index (κ1) is 17.6. The number of carbonyl (C=O) groups is 1. The maximum atomic E-state index is 11.8. The van der Waals surface area contributed by atoms with Crippen molar-refractivity contribution in [3.8, 4) is 0 Å². The summed E-state index contributed by atoms with van der Waals surface area (Å²) in [6.45, 7) is 12.1. The third kappa shape index (κ3) is 5.13. The highest BCUT2D eigenvalue weighted by Crippen LogP contribution is 2.22. The maximum absolute atomic E-state index is 11.8. The molecule has 1 aromatic rings. The Kier molecular flexibility index (Phi) is 5.52. The molecule has 1 saturated heterocycles. The van der Waals surface area contributed by atoms with Crippen LogP contribution in [-0.4, -0.2) is 37.5 Å². The van der Waals surface area contributed by atoms with Crippen LogP contribution in [0.5, 0.6) is 0 Å². The Hall–Kier alpha value is -1.75. The summed E-state index contributed by atoms with van der Waals surface area (Å²) < 4.78 is 10.8. The lowest BCUT2D eigenvalue weighted by Crippen LogP contribution is -2.43. The van der Waals surface area contributed by atoms with E-state index in [0.717, 1.165) is 25.3 Å². The van der Waals surface area contributed by atoms with E-state index in [4.69, 9.17) is 9.47 Å². The van der Waals surface area contributed by atoms with Crippen LogP contribution < -0.4 is 10.2 Å². The lowest BCUT2D eigenvalue weighted by Gasteiger charge is -2.35. The lowest BCUT2D eigenvalue weighted by molar-refractivity contribution is 0.0508. The van der Waals surface area contributed by atoms with Crippen LogP contribution in [0.4, 0.5) is 10.5 Å². The van der Waals surface area contributed by atoms with Gasteiger partial charge in [0.05, 0.1) is 19.3 Å². The molecule has 0 spiro atoms. The van der Waals surface area contributed by atoms with Crippen LogP contribution >= 0.6 is 0 Å². The molecule has 2 atom stereocenters. The standard InChI is InChI=1S/C18H28N2O3/c1-13-12-22-11-10-20(13)16-8-6-15(7-9-16)14(2)19-17(21)23-18(3,4)5/h6-9,13-14H,10-12H2,1-5H3,(H,19,21)/t13-,14+/m0/s1. The Morgan fingerprint density at radius 3 is 2.57 bits per heavy atom. The zero-order valence-electron chi connectivity index (χ0n) is 14.8. The van der Waals surface area contributed by atoms with E-state index >= 15 is 0 Å². The molecule has 1 N–H and O–H groups in total. The first-order valence-electron chi connectivity index (χ1n) is 8.20. The largest absolute Gasteiger partial charge is 0.444 e. The summed E-state index contributed by atoms with van der Waals surface area (Å²) in [4.78, 5) is 14.2. The second-order valence-corrected chi connectivity index (χ2v) is 7.08. The topological polar surface area (TPSA) is 50.8 Å². The third-order valence-electron chi connectivity index (χ3n) is 3.83. The van der Waals surface area contributed by atoms with Crippen LogP contribution in [0.15, 0.2) is 24.3 Å². The maximum Gasteiger partial charge on any atom is 0.408 e. The SMILES string of the molecule is C[C@@H](NC(=O)OC(C)(C)C)c1ccc(N2CCOC[C@@H]2C)cc1. The fraction of sp³-hybridized carbons (Fsp3) is 0.611. The number of rotatable bonds is 3. The van der Waals surface area contributed by atoms with E-state index in [1.54, 1.807) is 0 Å². The number of hydrogen-bond acceptors (Lipinski definition) is 4. The molecule has 1 amide bonds. The smallest absolute Gasteiger partial charge is 0.408 e. The molecule has 128 valence electrons. The van der Waals surface area contributed by atoms with Gasteiger partial charge in [0.25, 0.3) is 0 Å². The van der Waals surface area contributed by atoms with Crippen LogP contribution in [-0.2, 0) is 9.47 Å². The summed E-state index contributed by atoms with van der Waals surface area (Å²) in [6, 6.07) is 8.60. The predicted molar refractivity (Wildman–Crippen MR) is 91.9 cm³/mol. The van der Waals surface area contributed by atoms with Crippen LogP contribution in [0.25, 0.3) is 0 Å². The number of ether oxygens (including phenoxy) is 2. The summed E-state index contributed by atoms with van der Waals surface area (Å²) in [6.07, 6.45) is -0.393. The molecule has 2 rings (SSSR count). The lowest BCUT2D eigenvalue weighted by atomic mass is 10.1. The number of nitrogens with zero attached hydrogens (tertiary/aromatic N) is 1. The normalized spacial score (nSPS) is 20.0. The third-order valence-corrected chi connectivity index (χ3v) is 3.83. The molecule has 1 fully saturated rings. The monoisotopic (exact) mass is 320 g/mol. The molecule has 23 heavy (non-hydrogen) atoms. The van der Waals surface area contributed by atoms with Gasteiger partial charge in [-0.15, -0.1) is 0 Å². The minimum absolute atomic E-state index is 0.0963. The summed E-state index contributed by atoms with van der Waals surface area (Å²) >= 11 is 0. The van der Waals surface area contributed by atoms with Gasteiger partial charge in [-0.25, -0.2) is 4.79 Å². The van der Waals surface area contributed by atoms with E-state index < -0.39 is 11.7 Å². The fourth-order valence-electron chi connectivity index (χ4n) is 2.63. The summed E-state index contributed by atoms with van der Waals surface area (Å²) in [7, 11) is 0. The molecule has 0 unspecified atom stereocenters. The number of alkyl carbamates (subject to hydrolysis) is 1. The molecule has 0 bridgehead atoms. The van der Waals surface area contributed by atoms with Gasteiger partial charge >= 0.3 is 6.09 Å². The van der Waals surface area contributed by atoms with Gasteiger partial charge < -0.3 is 19.7 Å². The average Bonchev–Trinajstić information content (AvgIpc) is 2.46. The van der Waals surface area contributed by atoms with Gasteiger partial charge in [0.2, 0.25) is 0 Å². The number of nitrogens with one attached hydrogen (secondary N) is 1. The predicted octanol–water partition coefficient (Wildman–Crippen LogP) is 3.50. The van der Waals surface area contributed by atoms with E-state index in [1.807, 2.05) is 27.7 Å². The van der Waals surface area contributed by atoms with Crippen molar-refractivity contribution in [1.29, 1.82) is 0 Å². The van der Waals surface area contributed by atoms with Crippen molar-refractivity contribution in [3.05, 3.63) is 29.8 Å². The van der Waals surface area contributed by atoms with Crippen LogP contribution in [0.1, 0.15) is 46.2 Å². The van der Waals surface area contributed by atoms with Gasteiger partial charge in [-0.3, -0.25) is 0 Å². The second kappa shape index (κ2) is 7.21. The first-order chi connectivity index (χ1) is 10.8. The fourth-order valence-corrected chi connectivity index (χ4v) is 2.63. The number of hydrogen-bond donors (Lipinski definition) is 1. The van der Waals surface area contributed by atoms with Gasteiger partial charge in [0.1, 0.15) is 5.60 Å². The summed E-state index contributed by atoms with van der Waals surface area (Å²) in [5.74, 6) is 0. The van der Waals surface area contributed by atoms with E-state index in [2.05, 4.69) is 41.4 Å². The highest BCUT2D eigenvalue weighted by molar-refractivity contribution is 5.68. The molecule has 0 aliphatic carbocycles. The molecule has 5 heteroatoms. The van der Waals surface area contributed by atoms with Gasteiger partial charge in [0, 0.05) is 18.3 Å². The minimum Gasteiger partial charge on any atom is -0.444 e. The second-order valence-electron chi connectivity index (χ2n) is 7.08. The Morgan fingerprint density at radius 2 is 2.00 bits per heavy atom. The molecular formula is C18H28N2O3. The number of amides is 1. The molecule has 5 nitrogen and oxygen atoms in total. The zero-order chi connectivity index (χ0) is 17.0. The highest BCUT2D eigenvalue weighted by atomic mass is 16.6. The highest BCUT2D eigenvalue weighted by Gasteiger charge is 2.20. The first-order valence-corrected chi connectivity index (χ1v) is 8.20. The summed E-state index contributed by atoms with van der Waals surface area (Å²) in [5, 5.41) is 2.87. The molecular weight excluding hydrogens is 292 g/mol. The number of carbonyl (C=O) groups excluding carboxylic acids is 1. The Morgan fingerprint density at radius 1 is 1.35 bits per heavy atom. The van der Waals surface area contributed by atoms with Crippen molar-refractivity contribution in [3.63, 3.8) is 0 Å². The van der Waals surface area contributed by atoms with Crippen molar-refractivity contribution < 1.29 is 14.3 Å². The molecule has 1 heterocycles. The zero-order valence-corrected chi connectivity index (χ0v) is 14.8. The molecule has 0 radical (unpaired) electrons. The van der Waals surface area contributed by atoms with Gasteiger partial charge in [-0.05, 0) is 52.3 Å². The van der Waals surface area contributed by atoms with Crippen molar-refractivity contribution in [1.82, 2.24) is 5.32 Å². The average molecular weight is 320 g/mol. The van der Waals surface area contributed by atoms with Crippen LogP contribution in [0.2, 0.25) is 0 Å². The van der Waals surface area contributed by atoms with Crippen molar-refractivity contribution in [2.75, 3.05) is 24.7 Å². The Labute approximate surface area is 139 Å². The Balaban J connectivity index is 1.97. The van der Waals surface area contributed by atoms with E-state index in [1.165, 1.54) is 5.69 Å². The molecule has 0 aromatic heterocycles. The van der Waals surface area contributed by atoms with Crippen molar-refractivity contribution in [2.45, 2.75) is 52.3 Å². The van der Waals surface area contributed by atoms with E-state index in [-0.39, 0.29) is 6.04 Å². The summed E-state index contributed by atoms with van der Waals surface area (Å²) in [5.41, 5.74) is 1.76. The number of anilines is 1. The van der Waals surface area contributed by atoms with Gasteiger partial charge in [-0.2, -0.15) is 0 Å². The van der Waals surface area contributed by atoms with Crippen molar-refractivity contribution >= 4 is 11.8 Å². The Bertz CT molecular complexity index is 522. The molecule has 1 aromatic carbocycles. The van der Waals surface area contributed by atoms with E-state index in [0.29, 0.717) is 6.04 Å².